The van der Waals surface area contributed by atoms with Gasteiger partial charge >= 0.3 is 0 Å². The molecule has 0 unspecified atom stereocenters. The molecule has 1 aliphatic heterocycles. The largest absolute Gasteiger partial charge is 0.488 e. The van der Waals surface area contributed by atoms with Crippen molar-refractivity contribution >= 4 is 29.9 Å². The van der Waals surface area contributed by atoms with E-state index in [1.165, 1.54) is 0 Å². The number of hydrogen-bond acceptors (Lipinski definition) is 4. The molecule has 2 aromatic carbocycles. The van der Waals surface area contributed by atoms with Crippen LogP contribution in [0.4, 0.5) is 8.78 Å². The molecule has 0 atom stereocenters. The summed E-state index contributed by atoms with van der Waals surface area (Å²) in [5, 5.41) is 6.44. The van der Waals surface area contributed by atoms with Gasteiger partial charge in [-0.15, -0.1) is 24.0 Å². The Kier molecular flexibility index (Phi) is 9.23. The van der Waals surface area contributed by atoms with Gasteiger partial charge in [0.05, 0.1) is 0 Å². The molecule has 158 valence electrons. The van der Waals surface area contributed by atoms with Gasteiger partial charge in [0.2, 0.25) is 6.79 Å². The second kappa shape index (κ2) is 11.6. The average molecular weight is 519 g/mol. The molecule has 3 rings (SSSR count). The zero-order chi connectivity index (χ0) is 19.8. The van der Waals surface area contributed by atoms with Crippen molar-refractivity contribution in [2.24, 2.45) is 4.99 Å². The number of nitrogens with zero attached hydrogens (tertiary/aromatic N) is 1. The summed E-state index contributed by atoms with van der Waals surface area (Å²) in [4.78, 5) is 4.19. The Morgan fingerprint density at radius 3 is 2.72 bits per heavy atom. The smallest absolute Gasteiger partial charge is 0.272 e. The first-order valence-electron chi connectivity index (χ1n) is 8.97. The fourth-order valence-electron chi connectivity index (χ4n) is 2.73. The van der Waals surface area contributed by atoms with Crippen molar-refractivity contribution in [3.8, 4) is 17.2 Å². The first kappa shape index (κ1) is 23.0. The number of benzene rings is 2. The first-order chi connectivity index (χ1) is 13.6. The van der Waals surface area contributed by atoms with Crippen molar-refractivity contribution in [3.05, 3.63) is 53.6 Å². The Morgan fingerprint density at radius 2 is 1.93 bits per heavy atom. The summed E-state index contributed by atoms with van der Waals surface area (Å²) in [5.74, 6) is 2.62. The molecule has 1 heterocycles. The summed E-state index contributed by atoms with van der Waals surface area (Å²) < 4.78 is 40.2. The average Bonchev–Trinajstić information content (AvgIpc) is 3.17. The quantitative estimate of drug-likeness (QED) is 0.317. The van der Waals surface area contributed by atoms with Crippen molar-refractivity contribution in [2.75, 3.05) is 27.0 Å². The van der Waals surface area contributed by atoms with Gasteiger partial charge in [0.25, 0.3) is 6.43 Å². The molecule has 0 saturated heterocycles. The molecule has 2 N–H and O–H groups in total. The SMILES string of the molecule is CN=C(NCCc1ccc2c(c1)OCO2)NCc1cccc(OCC(F)F)c1.I. The van der Waals surface area contributed by atoms with E-state index in [9.17, 15) is 8.78 Å². The van der Waals surface area contributed by atoms with Crippen molar-refractivity contribution in [2.45, 2.75) is 19.4 Å². The molecule has 0 radical (unpaired) electrons. The lowest BCUT2D eigenvalue weighted by molar-refractivity contribution is 0.0818. The lowest BCUT2D eigenvalue weighted by Gasteiger charge is -2.13. The molecule has 0 aromatic heterocycles. The van der Waals surface area contributed by atoms with Crippen LogP contribution >= 0.6 is 24.0 Å². The number of guanidine groups is 1. The van der Waals surface area contributed by atoms with Crippen LogP contribution in [0, 0.1) is 0 Å². The highest BCUT2D eigenvalue weighted by molar-refractivity contribution is 14.0. The third-order valence-electron chi connectivity index (χ3n) is 4.10. The molecule has 6 nitrogen and oxygen atoms in total. The van der Waals surface area contributed by atoms with E-state index in [2.05, 4.69) is 15.6 Å². The van der Waals surface area contributed by atoms with Gasteiger partial charge < -0.3 is 24.8 Å². The van der Waals surface area contributed by atoms with Gasteiger partial charge in [-0.3, -0.25) is 4.99 Å². The highest BCUT2D eigenvalue weighted by Crippen LogP contribution is 2.32. The van der Waals surface area contributed by atoms with E-state index in [0.29, 0.717) is 24.8 Å². The van der Waals surface area contributed by atoms with Crippen molar-refractivity contribution in [1.29, 1.82) is 0 Å². The Labute approximate surface area is 185 Å². The fraction of sp³-hybridized carbons (Fsp3) is 0.350. The number of nitrogens with one attached hydrogen (secondary N) is 2. The molecule has 0 spiro atoms. The highest BCUT2D eigenvalue weighted by atomic mass is 127. The maximum Gasteiger partial charge on any atom is 0.272 e. The van der Waals surface area contributed by atoms with Crippen LogP contribution in [0.25, 0.3) is 0 Å². The lowest BCUT2D eigenvalue weighted by Crippen LogP contribution is -2.37. The van der Waals surface area contributed by atoms with Gasteiger partial charge in [-0.2, -0.15) is 0 Å². The van der Waals surface area contributed by atoms with Gasteiger partial charge in [0.15, 0.2) is 17.5 Å². The predicted molar refractivity (Wildman–Crippen MR) is 118 cm³/mol. The monoisotopic (exact) mass is 519 g/mol. The summed E-state index contributed by atoms with van der Waals surface area (Å²) in [6, 6.07) is 12.9. The van der Waals surface area contributed by atoms with Crippen molar-refractivity contribution in [1.82, 2.24) is 10.6 Å². The Balaban J connectivity index is 0.00000300. The van der Waals surface area contributed by atoms with Gasteiger partial charge in [-0.25, -0.2) is 8.78 Å². The number of aliphatic imine (C=N–C) groups is 1. The summed E-state index contributed by atoms with van der Waals surface area (Å²) in [6.45, 7) is 0.842. The fourth-order valence-corrected chi connectivity index (χ4v) is 2.73. The second-order valence-corrected chi connectivity index (χ2v) is 6.14. The van der Waals surface area contributed by atoms with Crippen LogP contribution in [0.3, 0.4) is 0 Å². The van der Waals surface area contributed by atoms with E-state index in [4.69, 9.17) is 14.2 Å². The Hall–Kier alpha value is -2.30. The number of alkyl halides is 2. The van der Waals surface area contributed by atoms with Crippen molar-refractivity contribution < 1.29 is 23.0 Å². The van der Waals surface area contributed by atoms with E-state index in [1.54, 1.807) is 25.2 Å². The van der Waals surface area contributed by atoms with Crippen LogP contribution in [0.5, 0.6) is 17.2 Å². The molecule has 9 heteroatoms. The summed E-state index contributed by atoms with van der Waals surface area (Å²) >= 11 is 0. The molecule has 0 fully saturated rings. The van der Waals surface area contributed by atoms with Crippen LogP contribution < -0.4 is 24.8 Å². The second-order valence-electron chi connectivity index (χ2n) is 6.14. The molecule has 2 aromatic rings. The van der Waals surface area contributed by atoms with E-state index >= 15 is 0 Å². The van der Waals surface area contributed by atoms with Gasteiger partial charge in [0, 0.05) is 20.1 Å². The zero-order valence-corrected chi connectivity index (χ0v) is 18.3. The maximum absolute atomic E-state index is 12.3. The van der Waals surface area contributed by atoms with E-state index in [1.807, 2.05) is 24.3 Å². The molecule has 0 bridgehead atoms. The minimum absolute atomic E-state index is 0. The van der Waals surface area contributed by atoms with Gasteiger partial charge in [-0.05, 0) is 41.8 Å². The third kappa shape index (κ3) is 7.22. The molecule has 0 aliphatic carbocycles. The maximum atomic E-state index is 12.3. The van der Waals surface area contributed by atoms with Gasteiger partial charge in [-0.1, -0.05) is 18.2 Å². The van der Waals surface area contributed by atoms with Crippen LogP contribution in [0.2, 0.25) is 0 Å². The summed E-state index contributed by atoms with van der Waals surface area (Å²) in [5.41, 5.74) is 2.04. The molecular weight excluding hydrogens is 495 g/mol. The Bertz CT molecular complexity index is 821. The number of ether oxygens (including phenoxy) is 3. The standard InChI is InChI=1S/C20H23F2N3O3.HI/c1-23-20(24-8-7-14-5-6-17-18(10-14)28-13-27-17)25-11-15-3-2-4-16(9-15)26-12-19(21)22;/h2-6,9-10,19H,7-8,11-13H2,1H3,(H2,23,24,25);1H. The molecular formula is C20H24F2IN3O3. The van der Waals surface area contributed by atoms with Crippen molar-refractivity contribution in [3.63, 3.8) is 0 Å². The zero-order valence-electron chi connectivity index (χ0n) is 16.0. The van der Waals surface area contributed by atoms with E-state index in [0.717, 1.165) is 29.0 Å². The van der Waals surface area contributed by atoms with Crippen LogP contribution in [-0.2, 0) is 13.0 Å². The van der Waals surface area contributed by atoms with Crippen LogP contribution in [-0.4, -0.2) is 39.4 Å². The van der Waals surface area contributed by atoms with E-state index in [-0.39, 0.29) is 30.8 Å². The predicted octanol–water partition coefficient (Wildman–Crippen LogP) is 3.58. The minimum atomic E-state index is -2.49. The first-order valence-corrected chi connectivity index (χ1v) is 8.97. The topological polar surface area (TPSA) is 64.1 Å². The summed E-state index contributed by atoms with van der Waals surface area (Å²) in [6.07, 6.45) is -1.69. The molecule has 29 heavy (non-hydrogen) atoms. The number of halogens is 3. The van der Waals surface area contributed by atoms with Gasteiger partial charge in [0.1, 0.15) is 12.4 Å². The third-order valence-corrected chi connectivity index (χ3v) is 4.10. The van der Waals surface area contributed by atoms with Crippen LogP contribution in [0.1, 0.15) is 11.1 Å². The molecule has 0 saturated carbocycles. The molecule has 1 aliphatic rings. The normalized spacial score (nSPS) is 12.5. The molecule has 0 amide bonds. The van der Waals surface area contributed by atoms with E-state index < -0.39 is 13.0 Å². The minimum Gasteiger partial charge on any atom is -0.488 e. The summed E-state index contributed by atoms with van der Waals surface area (Å²) in [7, 11) is 1.69. The number of rotatable bonds is 8. The Morgan fingerprint density at radius 1 is 1.10 bits per heavy atom. The number of fused-ring (bicyclic) bond motifs is 1. The highest BCUT2D eigenvalue weighted by Gasteiger charge is 2.13. The number of hydrogen-bond donors (Lipinski definition) is 2. The lowest BCUT2D eigenvalue weighted by atomic mass is 10.1. The van der Waals surface area contributed by atoms with Crippen LogP contribution in [0.15, 0.2) is 47.5 Å².